The van der Waals surface area contributed by atoms with Crippen molar-refractivity contribution in [1.29, 1.82) is 0 Å². The Morgan fingerprint density at radius 2 is 1.82 bits per heavy atom. The quantitative estimate of drug-likeness (QED) is 0.323. The van der Waals surface area contributed by atoms with Gasteiger partial charge in [-0.1, -0.05) is 36.4 Å². The summed E-state index contributed by atoms with van der Waals surface area (Å²) in [7, 11) is -3.90. The summed E-state index contributed by atoms with van der Waals surface area (Å²) in [4.78, 5) is 71.2. The van der Waals surface area contributed by atoms with Crippen molar-refractivity contribution < 1.29 is 41.9 Å². The third-order valence-corrected chi connectivity index (χ3v) is 11.7. The Morgan fingerprint density at radius 1 is 1.08 bits per heavy atom. The van der Waals surface area contributed by atoms with E-state index < -0.39 is 80.4 Å². The van der Waals surface area contributed by atoms with Gasteiger partial charge in [-0.25, -0.2) is 18.0 Å². The second-order valence-corrected chi connectivity index (χ2v) is 17.1. The van der Waals surface area contributed by atoms with E-state index in [0.717, 1.165) is 11.1 Å². The molecule has 3 heterocycles. The molecule has 5 amide bonds. The van der Waals surface area contributed by atoms with Crippen LogP contribution in [0.3, 0.4) is 0 Å². The highest BCUT2D eigenvalue weighted by molar-refractivity contribution is 7.91. The van der Waals surface area contributed by atoms with E-state index in [9.17, 15) is 32.4 Å². The van der Waals surface area contributed by atoms with Gasteiger partial charge in [0, 0.05) is 32.0 Å². The molecule has 0 aromatic heterocycles. The number of carbonyl (C=O) groups is 5. The Balaban J connectivity index is 1.25. The Kier molecular flexibility index (Phi) is 10.4. The smallest absolute Gasteiger partial charge is 0.410 e. The van der Waals surface area contributed by atoms with Crippen LogP contribution >= 0.6 is 0 Å². The van der Waals surface area contributed by atoms with Crippen LogP contribution in [0.2, 0.25) is 0 Å². The number of allylic oxidation sites excluding steroid dienone is 1. The number of rotatable bonds is 5. The Hall–Kier alpha value is -4.18. The van der Waals surface area contributed by atoms with Gasteiger partial charge in [-0.3, -0.25) is 19.1 Å². The number of carbonyl (C=O) groups excluding carboxylic acids is 5. The number of benzene rings is 1. The SMILES string of the molecule is CC(C)(C)OC(=O)N[C@H]1CNCCC/C=C\[C@@H]2C[C@@]2(C(=O)NS(=O)(=O)C2CC2)NC(=O)[C@@H]2C[C@@H](OC(=O)N3CCc4ccccc4C3)CN2C1=O. The van der Waals surface area contributed by atoms with Gasteiger partial charge < -0.3 is 35.2 Å². The van der Waals surface area contributed by atoms with E-state index in [4.69, 9.17) is 9.47 Å². The van der Waals surface area contributed by atoms with Gasteiger partial charge in [0.2, 0.25) is 21.8 Å². The van der Waals surface area contributed by atoms with Gasteiger partial charge in [0.1, 0.15) is 29.3 Å². The molecule has 3 aliphatic heterocycles. The lowest BCUT2D eigenvalue weighted by Gasteiger charge is -2.30. The number of nitrogens with zero attached hydrogens (tertiary/aromatic N) is 2. The molecule has 2 saturated carbocycles. The number of hydrogen-bond donors (Lipinski definition) is 4. The Labute approximate surface area is 298 Å². The molecule has 6 rings (SSSR count). The van der Waals surface area contributed by atoms with E-state index in [0.29, 0.717) is 51.7 Å². The third-order valence-electron chi connectivity index (χ3n) is 9.90. The highest BCUT2D eigenvalue weighted by atomic mass is 32.2. The van der Waals surface area contributed by atoms with Crippen LogP contribution in [0.4, 0.5) is 9.59 Å². The van der Waals surface area contributed by atoms with Gasteiger partial charge in [0.15, 0.2) is 0 Å². The van der Waals surface area contributed by atoms with Gasteiger partial charge in [-0.15, -0.1) is 0 Å². The van der Waals surface area contributed by atoms with Gasteiger partial charge in [0.05, 0.1) is 11.8 Å². The summed E-state index contributed by atoms with van der Waals surface area (Å²) in [5, 5.41) is 8.01. The van der Waals surface area contributed by atoms with E-state index in [1.54, 1.807) is 25.7 Å². The van der Waals surface area contributed by atoms with Crippen molar-refractivity contribution in [3.63, 3.8) is 0 Å². The minimum Gasteiger partial charge on any atom is -0.444 e. The molecule has 5 aliphatic rings. The van der Waals surface area contributed by atoms with Gasteiger partial charge in [0.25, 0.3) is 5.91 Å². The first-order valence-corrected chi connectivity index (χ1v) is 19.3. The average molecular weight is 729 g/mol. The van der Waals surface area contributed by atoms with Gasteiger partial charge in [-0.2, -0.15) is 0 Å². The summed E-state index contributed by atoms with van der Waals surface area (Å²) in [6.07, 6.45) is 4.41. The van der Waals surface area contributed by atoms with Crippen LogP contribution in [0.5, 0.6) is 0 Å². The van der Waals surface area contributed by atoms with Crippen LogP contribution in [-0.4, -0.2) is 109 Å². The first-order valence-electron chi connectivity index (χ1n) is 17.7. The van der Waals surface area contributed by atoms with Crippen LogP contribution < -0.4 is 20.7 Å². The number of alkyl carbamates (subject to hydrolysis) is 1. The fraction of sp³-hybridized carbons (Fsp3) is 0.629. The monoisotopic (exact) mass is 728 g/mol. The molecule has 1 aromatic carbocycles. The van der Waals surface area contributed by atoms with Crippen LogP contribution in [0.25, 0.3) is 0 Å². The molecule has 0 unspecified atom stereocenters. The van der Waals surface area contributed by atoms with E-state index in [-0.39, 0.29) is 25.9 Å². The van der Waals surface area contributed by atoms with E-state index >= 15 is 0 Å². The standard InChI is InChI=1S/C35H48N6O9S/c1-34(2,3)50-32(45)37-27-19-36-15-8-4-5-11-24-18-35(24,31(44)39-51(47,48)26-12-13-26)38-29(42)28-17-25(21-41(28)30(27)43)49-33(46)40-16-14-22-9-6-7-10-23(22)20-40/h5-7,9-11,24-28,36H,4,8,12-21H2,1-3H3,(H,37,45)(H,38,42)(H,39,44)/b11-5-/t24-,25-,27+,28+,35-/m1/s1. The van der Waals surface area contributed by atoms with Crippen LogP contribution in [0.1, 0.15) is 70.4 Å². The fourth-order valence-electron chi connectivity index (χ4n) is 6.91. The highest BCUT2D eigenvalue weighted by Crippen LogP contribution is 2.46. The molecular weight excluding hydrogens is 680 g/mol. The molecule has 4 N–H and O–H groups in total. The van der Waals surface area contributed by atoms with Crippen molar-refractivity contribution in [2.45, 2.75) is 107 Å². The first-order chi connectivity index (χ1) is 24.1. The zero-order valence-electron chi connectivity index (χ0n) is 29.3. The number of fused-ring (bicyclic) bond motifs is 3. The maximum atomic E-state index is 14.3. The van der Waals surface area contributed by atoms with Crippen molar-refractivity contribution in [1.82, 2.24) is 30.5 Å². The molecule has 1 saturated heterocycles. The van der Waals surface area contributed by atoms with E-state index in [2.05, 4.69) is 20.7 Å². The van der Waals surface area contributed by atoms with Crippen molar-refractivity contribution >= 4 is 39.9 Å². The van der Waals surface area contributed by atoms with Crippen molar-refractivity contribution in [3.05, 3.63) is 47.5 Å². The minimum absolute atomic E-state index is 0.0399. The number of amides is 5. The molecule has 16 heteroatoms. The highest BCUT2D eigenvalue weighted by Gasteiger charge is 2.62. The van der Waals surface area contributed by atoms with Crippen molar-refractivity contribution in [2.75, 3.05) is 26.2 Å². The molecule has 0 bridgehead atoms. The molecular formula is C35H48N6O9S. The van der Waals surface area contributed by atoms with Gasteiger partial charge in [-0.05, 0) is 77.0 Å². The lowest BCUT2D eigenvalue weighted by molar-refractivity contribution is -0.141. The predicted molar refractivity (Wildman–Crippen MR) is 184 cm³/mol. The van der Waals surface area contributed by atoms with Crippen LogP contribution in [-0.2, 0) is 46.8 Å². The van der Waals surface area contributed by atoms with Crippen LogP contribution in [0.15, 0.2) is 36.4 Å². The van der Waals surface area contributed by atoms with Crippen molar-refractivity contribution in [3.8, 4) is 0 Å². The van der Waals surface area contributed by atoms with Crippen molar-refractivity contribution in [2.24, 2.45) is 5.92 Å². The normalized spacial score (nSPS) is 29.2. The molecule has 0 spiro atoms. The molecule has 2 aliphatic carbocycles. The molecule has 51 heavy (non-hydrogen) atoms. The molecule has 278 valence electrons. The fourth-order valence-corrected chi connectivity index (χ4v) is 8.28. The lowest BCUT2D eigenvalue weighted by atomic mass is 10.0. The summed E-state index contributed by atoms with van der Waals surface area (Å²) >= 11 is 0. The zero-order chi connectivity index (χ0) is 36.6. The maximum absolute atomic E-state index is 14.3. The molecule has 15 nitrogen and oxygen atoms in total. The van der Waals surface area contributed by atoms with E-state index in [1.165, 1.54) is 4.90 Å². The summed E-state index contributed by atoms with van der Waals surface area (Å²) < 4.78 is 39.0. The van der Waals surface area contributed by atoms with E-state index in [1.807, 2.05) is 36.4 Å². The minimum atomic E-state index is -3.90. The number of sulfonamides is 1. The molecule has 5 atom stereocenters. The summed E-state index contributed by atoms with van der Waals surface area (Å²) in [6, 6.07) is 5.51. The lowest BCUT2D eigenvalue weighted by Crippen LogP contribution is -2.59. The Morgan fingerprint density at radius 3 is 2.55 bits per heavy atom. The summed E-state index contributed by atoms with van der Waals surface area (Å²) in [5.41, 5.74) is -0.200. The molecule has 1 aromatic rings. The third kappa shape index (κ3) is 8.66. The average Bonchev–Trinajstić information content (AvgIpc) is 3.99. The number of hydrogen-bond acceptors (Lipinski definition) is 10. The zero-order valence-corrected chi connectivity index (χ0v) is 30.1. The maximum Gasteiger partial charge on any atom is 0.410 e. The topological polar surface area (TPSA) is 193 Å². The predicted octanol–water partition coefficient (Wildman–Crippen LogP) is 1.47. The van der Waals surface area contributed by atoms with Crippen LogP contribution in [0, 0.1) is 5.92 Å². The second-order valence-electron chi connectivity index (χ2n) is 15.1. The molecule has 0 radical (unpaired) electrons. The van der Waals surface area contributed by atoms with Gasteiger partial charge >= 0.3 is 12.2 Å². The second kappa shape index (κ2) is 14.4. The summed E-state index contributed by atoms with van der Waals surface area (Å²) in [5.74, 6) is -2.58. The number of nitrogens with one attached hydrogen (secondary N) is 4. The molecule has 3 fully saturated rings. The first kappa shape index (κ1) is 36.6. The largest absolute Gasteiger partial charge is 0.444 e. The summed E-state index contributed by atoms with van der Waals surface area (Å²) in [6.45, 7) is 6.30. The number of ether oxygens (including phenoxy) is 2. The Bertz CT molecular complexity index is 1690.